The zero-order valence-electron chi connectivity index (χ0n) is 14.1. The van der Waals surface area contributed by atoms with E-state index in [1.807, 2.05) is 24.8 Å². The van der Waals surface area contributed by atoms with Crippen LogP contribution in [0.4, 0.5) is 0 Å². The Morgan fingerprint density at radius 2 is 2.00 bits per heavy atom. The van der Waals surface area contributed by atoms with Gasteiger partial charge in [-0.25, -0.2) is 0 Å². The van der Waals surface area contributed by atoms with E-state index in [4.69, 9.17) is 4.74 Å². The third-order valence-corrected chi connectivity index (χ3v) is 5.15. The number of hydrogen-bond acceptors (Lipinski definition) is 3. The molecule has 0 bridgehead atoms. The lowest BCUT2D eigenvalue weighted by molar-refractivity contribution is -0.00692. The van der Waals surface area contributed by atoms with Crippen molar-refractivity contribution in [1.29, 1.82) is 0 Å². The largest absolute Gasteiger partial charge is 0.375 e. The lowest BCUT2D eigenvalue weighted by Crippen LogP contribution is -2.37. The number of pyridine rings is 1. The van der Waals surface area contributed by atoms with Crippen molar-refractivity contribution in [2.24, 2.45) is 0 Å². The van der Waals surface area contributed by atoms with Gasteiger partial charge in [-0.15, -0.1) is 0 Å². The molecular formula is C18H26N2O3. The minimum atomic E-state index is -0.280. The van der Waals surface area contributed by atoms with E-state index in [2.05, 4.69) is 4.98 Å². The van der Waals surface area contributed by atoms with E-state index in [1.54, 1.807) is 6.07 Å². The van der Waals surface area contributed by atoms with E-state index >= 15 is 0 Å². The van der Waals surface area contributed by atoms with Crippen molar-refractivity contribution in [3.8, 4) is 0 Å². The minimum absolute atomic E-state index is 0.0249. The second-order valence-electron chi connectivity index (χ2n) is 7.09. The highest BCUT2D eigenvalue weighted by atomic mass is 16.5. The van der Waals surface area contributed by atoms with Crippen molar-refractivity contribution in [3.63, 3.8) is 0 Å². The van der Waals surface area contributed by atoms with Crippen molar-refractivity contribution in [2.45, 2.75) is 57.5 Å². The normalized spacial score (nSPS) is 25.1. The number of carbonyl (C=O) groups excluding carboxylic acids is 1. The molecule has 2 aliphatic rings. The van der Waals surface area contributed by atoms with E-state index in [0.29, 0.717) is 13.1 Å². The lowest BCUT2D eigenvalue weighted by atomic mass is 9.92. The Kier molecular flexibility index (Phi) is 4.57. The molecule has 5 heteroatoms. The average molecular weight is 318 g/mol. The molecule has 1 amide bonds. The molecule has 2 saturated heterocycles. The van der Waals surface area contributed by atoms with Gasteiger partial charge in [0.1, 0.15) is 5.56 Å². The Balaban J connectivity index is 1.74. The predicted molar refractivity (Wildman–Crippen MR) is 88.8 cm³/mol. The van der Waals surface area contributed by atoms with Crippen LogP contribution in [0.25, 0.3) is 0 Å². The fraction of sp³-hybridized carbons (Fsp3) is 0.667. The van der Waals surface area contributed by atoms with E-state index in [-0.39, 0.29) is 28.5 Å². The van der Waals surface area contributed by atoms with Gasteiger partial charge in [-0.05, 0) is 50.2 Å². The molecule has 0 radical (unpaired) electrons. The van der Waals surface area contributed by atoms with Crippen LogP contribution in [0.1, 0.15) is 67.9 Å². The van der Waals surface area contributed by atoms with Crippen LogP contribution in [0.5, 0.6) is 0 Å². The first kappa shape index (κ1) is 16.2. The molecule has 0 saturated carbocycles. The number of hydrogen-bond donors (Lipinski definition) is 1. The monoisotopic (exact) mass is 318 g/mol. The summed E-state index contributed by atoms with van der Waals surface area (Å²) in [6.45, 7) is 6.25. The maximum atomic E-state index is 12.7. The zero-order chi connectivity index (χ0) is 16.4. The first-order valence-electron chi connectivity index (χ1n) is 8.67. The summed E-state index contributed by atoms with van der Waals surface area (Å²) in [5.74, 6) is 0.0843. The Bertz CT molecular complexity index is 629. The van der Waals surface area contributed by atoms with Crippen LogP contribution in [0.15, 0.2) is 16.9 Å². The Hall–Kier alpha value is -1.62. The molecule has 1 aromatic rings. The van der Waals surface area contributed by atoms with Gasteiger partial charge in [0.25, 0.3) is 11.5 Å². The number of likely N-dealkylation sites (tertiary alicyclic amines) is 1. The SMILES string of the molecule is CC(C)c1ccc(C(=O)N2CCC[C@@]3(CCCO3)CC2)c(=O)[nH]1. The van der Waals surface area contributed by atoms with Crippen LogP contribution >= 0.6 is 0 Å². The number of aromatic nitrogens is 1. The summed E-state index contributed by atoms with van der Waals surface area (Å²) in [6, 6.07) is 3.52. The Morgan fingerprint density at radius 1 is 1.22 bits per heavy atom. The molecule has 1 atom stereocenters. The van der Waals surface area contributed by atoms with Gasteiger partial charge in [-0.1, -0.05) is 13.8 Å². The van der Waals surface area contributed by atoms with Crippen LogP contribution in [0.2, 0.25) is 0 Å². The lowest BCUT2D eigenvalue weighted by Gasteiger charge is -2.26. The number of H-pyrrole nitrogens is 1. The number of ether oxygens (including phenoxy) is 1. The molecule has 2 aliphatic heterocycles. The Labute approximate surface area is 137 Å². The van der Waals surface area contributed by atoms with Gasteiger partial charge in [0.2, 0.25) is 0 Å². The zero-order valence-corrected chi connectivity index (χ0v) is 14.1. The van der Waals surface area contributed by atoms with Crippen molar-refractivity contribution < 1.29 is 9.53 Å². The summed E-state index contributed by atoms with van der Waals surface area (Å²) < 4.78 is 5.96. The molecule has 126 valence electrons. The molecule has 0 aromatic carbocycles. The van der Waals surface area contributed by atoms with E-state index in [9.17, 15) is 9.59 Å². The average Bonchev–Trinajstić information content (AvgIpc) is 2.87. The number of aromatic amines is 1. The molecule has 1 aromatic heterocycles. The van der Waals surface area contributed by atoms with Gasteiger partial charge in [0.05, 0.1) is 5.60 Å². The number of amides is 1. The number of rotatable bonds is 2. The van der Waals surface area contributed by atoms with Crippen molar-refractivity contribution in [2.75, 3.05) is 19.7 Å². The molecule has 2 fully saturated rings. The summed E-state index contributed by atoms with van der Waals surface area (Å²) in [5, 5.41) is 0. The maximum Gasteiger partial charge on any atom is 0.261 e. The van der Waals surface area contributed by atoms with Gasteiger partial charge in [0.15, 0.2) is 0 Å². The fourth-order valence-electron chi connectivity index (χ4n) is 3.68. The summed E-state index contributed by atoms with van der Waals surface area (Å²) in [5.41, 5.74) is 0.804. The molecule has 3 rings (SSSR count). The quantitative estimate of drug-likeness (QED) is 0.912. The second kappa shape index (κ2) is 6.48. The number of nitrogens with zero attached hydrogens (tertiary/aromatic N) is 1. The number of nitrogens with one attached hydrogen (secondary N) is 1. The van der Waals surface area contributed by atoms with Crippen LogP contribution < -0.4 is 5.56 Å². The second-order valence-corrected chi connectivity index (χ2v) is 7.09. The maximum absolute atomic E-state index is 12.7. The highest BCUT2D eigenvalue weighted by Gasteiger charge is 2.37. The van der Waals surface area contributed by atoms with Gasteiger partial charge >= 0.3 is 0 Å². The minimum Gasteiger partial charge on any atom is -0.375 e. The summed E-state index contributed by atoms with van der Waals surface area (Å²) in [7, 11) is 0. The third-order valence-electron chi connectivity index (χ3n) is 5.15. The Morgan fingerprint density at radius 3 is 2.65 bits per heavy atom. The molecule has 1 spiro atoms. The summed E-state index contributed by atoms with van der Waals surface area (Å²) in [4.78, 5) is 29.6. The third kappa shape index (κ3) is 3.34. The smallest absolute Gasteiger partial charge is 0.261 e. The first-order valence-corrected chi connectivity index (χ1v) is 8.67. The predicted octanol–water partition coefficient (Wildman–Crippen LogP) is 2.67. The molecule has 1 N–H and O–H groups in total. The standard InChI is InChI=1S/C18H26N2O3/c1-13(2)15-6-5-14(16(21)19-15)17(22)20-10-3-7-18(9-11-20)8-4-12-23-18/h5-6,13H,3-4,7-12H2,1-2H3,(H,19,21)/t18-/m1/s1. The van der Waals surface area contributed by atoms with Gasteiger partial charge in [0, 0.05) is 25.4 Å². The number of carbonyl (C=O) groups is 1. The van der Waals surface area contributed by atoms with E-state index < -0.39 is 0 Å². The van der Waals surface area contributed by atoms with Crippen LogP contribution in [-0.2, 0) is 4.74 Å². The van der Waals surface area contributed by atoms with Crippen molar-refractivity contribution in [3.05, 3.63) is 33.7 Å². The van der Waals surface area contributed by atoms with Gasteiger partial charge < -0.3 is 14.6 Å². The molecular weight excluding hydrogens is 292 g/mol. The van der Waals surface area contributed by atoms with E-state index in [1.165, 1.54) is 0 Å². The van der Waals surface area contributed by atoms with Crippen LogP contribution in [0.3, 0.4) is 0 Å². The first-order chi connectivity index (χ1) is 11.0. The topological polar surface area (TPSA) is 62.4 Å². The molecule has 5 nitrogen and oxygen atoms in total. The highest BCUT2D eigenvalue weighted by Crippen LogP contribution is 2.35. The summed E-state index contributed by atoms with van der Waals surface area (Å²) in [6.07, 6.45) is 5.04. The summed E-state index contributed by atoms with van der Waals surface area (Å²) >= 11 is 0. The van der Waals surface area contributed by atoms with E-state index in [0.717, 1.165) is 44.4 Å². The molecule has 23 heavy (non-hydrogen) atoms. The van der Waals surface area contributed by atoms with Crippen LogP contribution in [0, 0.1) is 0 Å². The van der Waals surface area contributed by atoms with Crippen molar-refractivity contribution in [1.82, 2.24) is 9.88 Å². The van der Waals surface area contributed by atoms with Crippen LogP contribution in [-0.4, -0.2) is 41.1 Å². The van der Waals surface area contributed by atoms with Crippen molar-refractivity contribution >= 4 is 5.91 Å². The molecule has 0 unspecified atom stereocenters. The molecule has 3 heterocycles. The highest BCUT2D eigenvalue weighted by molar-refractivity contribution is 5.93. The fourth-order valence-corrected chi connectivity index (χ4v) is 3.68. The van der Waals surface area contributed by atoms with Gasteiger partial charge in [-0.3, -0.25) is 9.59 Å². The van der Waals surface area contributed by atoms with Gasteiger partial charge in [-0.2, -0.15) is 0 Å². The molecule has 0 aliphatic carbocycles.